The third kappa shape index (κ3) is 2.31. The summed E-state index contributed by atoms with van der Waals surface area (Å²) in [4.78, 5) is 12.4. The second-order valence-corrected chi connectivity index (χ2v) is 6.14. The van der Waals surface area contributed by atoms with Crippen LogP contribution in [0.15, 0.2) is 22.7 Å². The number of rotatable bonds is 2. The molecule has 1 aromatic carbocycles. The summed E-state index contributed by atoms with van der Waals surface area (Å²) in [6, 6.07) is 5.77. The summed E-state index contributed by atoms with van der Waals surface area (Å²) in [5.41, 5.74) is 7.53. The van der Waals surface area contributed by atoms with Crippen molar-refractivity contribution < 1.29 is 4.79 Å². The number of hydrogen-bond donors (Lipinski definition) is 2. The quantitative estimate of drug-likeness (QED) is 0.881. The molecular weight excluding hydrogens is 292 g/mol. The van der Waals surface area contributed by atoms with Gasteiger partial charge in [-0.05, 0) is 44.4 Å². The first-order chi connectivity index (χ1) is 8.45. The van der Waals surface area contributed by atoms with Gasteiger partial charge in [0.15, 0.2) is 0 Å². The van der Waals surface area contributed by atoms with Crippen molar-refractivity contribution in [3.63, 3.8) is 0 Å². The van der Waals surface area contributed by atoms with Gasteiger partial charge in [-0.25, -0.2) is 0 Å². The van der Waals surface area contributed by atoms with Gasteiger partial charge >= 0.3 is 0 Å². The van der Waals surface area contributed by atoms with E-state index in [0.29, 0.717) is 0 Å². The molecule has 3 N–H and O–H groups in total. The van der Waals surface area contributed by atoms with E-state index < -0.39 is 5.41 Å². The van der Waals surface area contributed by atoms with Crippen molar-refractivity contribution in [3.8, 4) is 0 Å². The van der Waals surface area contributed by atoms with Crippen LogP contribution in [0.3, 0.4) is 0 Å². The van der Waals surface area contributed by atoms with Crippen molar-refractivity contribution in [2.75, 3.05) is 5.32 Å². The molecular formula is C14H19BrN2O. The van der Waals surface area contributed by atoms with Gasteiger partial charge in [0.1, 0.15) is 0 Å². The first-order valence-electron chi connectivity index (χ1n) is 6.27. The second kappa shape index (κ2) is 5.02. The molecule has 0 radical (unpaired) electrons. The van der Waals surface area contributed by atoms with Gasteiger partial charge in [0.25, 0.3) is 0 Å². The predicted molar refractivity (Wildman–Crippen MR) is 77.4 cm³/mol. The lowest BCUT2D eigenvalue weighted by Gasteiger charge is -2.28. The Morgan fingerprint density at radius 1 is 1.56 bits per heavy atom. The average molecular weight is 311 g/mol. The Kier molecular flexibility index (Phi) is 3.78. The van der Waals surface area contributed by atoms with Crippen LogP contribution in [-0.4, -0.2) is 11.9 Å². The van der Waals surface area contributed by atoms with E-state index in [1.54, 1.807) is 0 Å². The van der Waals surface area contributed by atoms with Crippen LogP contribution >= 0.6 is 15.9 Å². The van der Waals surface area contributed by atoms with Gasteiger partial charge in [-0.15, -0.1) is 0 Å². The topological polar surface area (TPSA) is 55.1 Å². The normalized spacial score (nSPS) is 27.2. The Bertz CT molecular complexity index is 475. The molecule has 0 spiro atoms. The van der Waals surface area contributed by atoms with E-state index in [2.05, 4.69) is 21.2 Å². The van der Waals surface area contributed by atoms with Crippen LogP contribution in [0.4, 0.5) is 5.69 Å². The third-order valence-electron chi connectivity index (χ3n) is 4.06. The molecule has 1 aromatic rings. The van der Waals surface area contributed by atoms with E-state index in [-0.39, 0.29) is 11.9 Å². The van der Waals surface area contributed by atoms with Crippen molar-refractivity contribution in [3.05, 3.63) is 28.2 Å². The van der Waals surface area contributed by atoms with E-state index in [1.165, 1.54) is 0 Å². The van der Waals surface area contributed by atoms with E-state index in [1.807, 2.05) is 32.0 Å². The number of carbonyl (C=O) groups excluding carboxylic acids is 1. The molecule has 1 amide bonds. The second-order valence-electron chi connectivity index (χ2n) is 5.28. The lowest BCUT2D eigenvalue weighted by Crippen LogP contribution is -2.44. The summed E-state index contributed by atoms with van der Waals surface area (Å²) in [5, 5.41) is 3.01. The largest absolute Gasteiger partial charge is 0.327 e. The highest BCUT2D eigenvalue weighted by molar-refractivity contribution is 9.10. The van der Waals surface area contributed by atoms with Gasteiger partial charge in [0.2, 0.25) is 5.91 Å². The third-order valence-corrected chi connectivity index (χ3v) is 4.92. The Morgan fingerprint density at radius 3 is 2.89 bits per heavy atom. The fourth-order valence-corrected chi connectivity index (χ4v) is 2.85. The van der Waals surface area contributed by atoms with Crippen molar-refractivity contribution in [2.24, 2.45) is 11.1 Å². The highest BCUT2D eigenvalue weighted by atomic mass is 79.9. The number of anilines is 1. The number of amides is 1. The first kappa shape index (κ1) is 13.6. The predicted octanol–water partition coefficient (Wildman–Crippen LogP) is 3.21. The number of carbonyl (C=O) groups is 1. The Balaban J connectivity index is 2.19. The highest BCUT2D eigenvalue weighted by Gasteiger charge is 2.43. The summed E-state index contributed by atoms with van der Waals surface area (Å²) in [6.07, 6.45) is 2.83. The van der Waals surface area contributed by atoms with Gasteiger partial charge < -0.3 is 11.1 Å². The van der Waals surface area contributed by atoms with Gasteiger partial charge in [-0.2, -0.15) is 0 Å². The molecule has 1 aliphatic carbocycles. The molecule has 2 rings (SSSR count). The lowest BCUT2D eigenvalue weighted by molar-refractivity contribution is -0.125. The SMILES string of the molecule is Cc1c(Br)cccc1NC(=O)C1(C)CCCC1N. The van der Waals surface area contributed by atoms with Gasteiger partial charge in [-0.1, -0.05) is 28.4 Å². The number of nitrogens with two attached hydrogens (primary N) is 1. The summed E-state index contributed by atoms with van der Waals surface area (Å²) in [7, 11) is 0. The number of halogens is 1. The molecule has 4 heteroatoms. The van der Waals surface area contributed by atoms with E-state index >= 15 is 0 Å². The molecule has 0 aromatic heterocycles. The van der Waals surface area contributed by atoms with Crippen LogP contribution in [0.5, 0.6) is 0 Å². The minimum Gasteiger partial charge on any atom is -0.327 e. The summed E-state index contributed by atoms with van der Waals surface area (Å²) in [5.74, 6) is 0.0358. The van der Waals surface area contributed by atoms with Crippen molar-refractivity contribution in [2.45, 2.75) is 39.2 Å². The zero-order valence-electron chi connectivity index (χ0n) is 10.8. The maximum absolute atomic E-state index is 12.4. The number of nitrogens with one attached hydrogen (secondary N) is 1. The molecule has 2 unspecified atom stereocenters. The molecule has 3 nitrogen and oxygen atoms in total. The lowest BCUT2D eigenvalue weighted by atomic mass is 9.84. The van der Waals surface area contributed by atoms with E-state index in [0.717, 1.165) is 35.0 Å². The summed E-state index contributed by atoms with van der Waals surface area (Å²) < 4.78 is 1.00. The molecule has 1 aliphatic rings. The maximum Gasteiger partial charge on any atom is 0.231 e. The van der Waals surface area contributed by atoms with Crippen LogP contribution in [0, 0.1) is 12.3 Å². The molecule has 0 bridgehead atoms. The molecule has 1 fully saturated rings. The fourth-order valence-electron chi connectivity index (χ4n) is 2.48. The van der Waals surface area contributed by atoms with Crippen LogP contribution < -0.4 is 11.1 Å². The van der Waals surface area contributed by atoms with Crippen molar-refractivity contribution in [1.82, 2.24) is 0 Å². The van der Waals surface area contributed by atoms with Crippen LogP contribution in [0.2, 0.25) is 0 Å². The van der Waals surface area contributed by atoms with Crippen molar-refractivity contribution >= 4 is 27.5 Å². The van der Waals surface area contributed by atoms with Crippen LogP contribution in [0.25, 0.3) is 0 Å². The molecule has 0 saturated heterocycles. The van der Waals surface area contributed by atoms with Crippen molar-refractivity contribution in [1.29, 1.82) is 0 Å². The monoisotopic (exact) mass is 310 g/mol. The molecule has 18 heavy (non-hydrogen) atoms. The molecule has 0 aliphatic heterocycles. The fraction of sp³-hybridized carbons (Fsp3) is 0.500. The Labute approximate surface area is 116 Å². The zero-order chi connectivity index (χ0) is 13.3. The molecule has 98 valence electrons. The average Bonchev–Trinajstić information content (AvgIpc) is 2.67. The molecule has 2 atom stereocenters. The van der Waals surface area contributed by atoms with Crippen LogP contribution in [0.1, 0.15) is 31.7 Å². The number of hydrogen-bond acceptors (Lipinski definition) is 2. The highest BCUT2D eigenvalue weighted by Crippen LogP contribution is 2.38. The van der Waals surface area contributed by atoms with Gasteiger partial charge in [-0.3, -0.25) is 4.79 Å². The maximum atomic E-state index is 12.4. The zero-order valence-corrected chi connectivity index (χ0v) is 12.4. The first-order valence-corrected chi connectivity index (χ1v) is 7.06. The molecule has 0 heterocycles. The Hall–Kier alpha value is -0.870. The minimum absolute atomic E-state index is 0.0358. The summed E-state index contributed by atoms with van der Waals surface area (Å²) in [6.45, 7) is 3.95. The Morgan fingerprint density at radius 2 is 2.28 bits per heavy atom. The van der Waals surface area contributed by atoms with Gasteiger partial charge in [0, 0.05) is 16.2 Å². The van der Waals surface area contributed by atoms with E-state index in [9.17, 15) is 4.79 Å². The number of benzene rings is 1. The standard InChI is InChI=1S/C14H19BrN2O/c1-9-10(15)5-3-6-11(9)17-13(18)14(2)8-4-7-12(14)16/h3,5-6,12H,4,7-8,16H2,1-2H3,(H,17,18). The minimum atomic E-state index is -0.436. The smallest absolute Gasteiger partial charge is 0.231 e. The molecule has 1 saturated carbocycles. The summed E-state index contributed by atoms with van der Waals surface area (Å²) >= 11 is 3.47. The van der Waals surface area contributed by atoms with Gasteiger partial charge in [0.05, 0.1) is 5.41 Å². The van der Waals surface area contributed by atoms with E-state index in [4.69, 9.17) is 5.73 Å². The van der Waals surface area contributed by atoms with Crippen LogP contribution in [-0.2, 0) is 4.79 Å².